The number of ether oxygens (including phenoxy) is 2. The van der Waals surface area contributed by atoms with E-state index < -0.39 is 0 Å². The Hall–Kier alpha value is -0.0800. The van der Waals surface area contributed by atoms with Crippen LogP contribution in [0.1, 0.15) is 46.0 Å². The van der Waals surface area contributed by atoms with Gasteiger partial charge in [0.1, 0.15) is 0 Å². The average molecular weight is 224 g/mol. The summed E-state index contributed by atoms with van der Waals surface area (Å²) in [5, 5.41) is 0. The second kappa shape index (κ2) is 3.46. The molecular weight excluding hydrogens is 200 g/mol. The van der Waals surface area contributed by atoms with Crippen molar-refractivity contribution in [3.8, 4) is 0 Å². The monoisotopic (exact) mass is 224 g/mol. The number of rotatable bonds is 1. The highest BCUT2D eigenvalue weighted by atomic mass is 16.5. The van der Waals surface area contributed by atoms with Crippen LogP contribution in [0.5, 0.6) is 0 Å². The molecule has 0 aromatic heterocycles. The highest BCUT2D eigenvalue weighted by Crippen LogP contribution is 2.61. The summed E-state index contributed by atoms with van der Waals surface area (Å²) in [6.07, 6.45) is 7.38. The minimum atomic E-state index is 0.347. The molecule has 0 aromatic rings. The molecule has 0 amide bonds. The third-order valence-electron chi connectivity index (χ3n) is 5.47. The quantitative estimate of drug-likeness (QED) is 0.681. The highest BCUT2D eigenvalue weighted by Gasteiger charge is 2.61. The van der Waals surface area contributed by atoms with Gasteiger partial charge in [0.15, 0.2) is 0 Å². The zero-order valence-corrected chi connectivity index (χ0v) is 10.8. The standard InChI is InChI=1S/C14H24O2/c1-13(2)7-10-8-14(9-16-10)11(13)5-4-6-12(14)15-3/h10-12H,4-9H2,1-3H3/t10-,11+,12?,14-/m1/s1. The van der Waals surface area contributed by atoms with Crippen molar-refractivity contribution in [1.82, 2.24) is 0 Å². The second-order valence-electron chi connectivity index (χ2n) is 6.77. The van der Waals surface area contributed by atoms with Crippen molar-refractivity contribution in [3.63, 3.8) is 0 Å². The van der Waals surface area contributed by atoms with Gasteiger partial charge in [0, 0.05) is 12.5 Å². The van der Waals surface area contributed by atoms with Gasteiger partial charge in [-0.1, -0.05) is 20.3 Å². The van der Waals surface area contributed by atoms with Crippen LogP contribution in [-0.2, 0) is 9.47 Å². The van der Waals surface area contributed by atoms with Crippen molar-refractivity contribution in [1.29, 1.82) is 0 Å². The van der Waals surface area contributed by atoms with Gasteiger partial charge in [-0.25, -0.2) is 0 Å². The highest BCUT2D eigenvalue weighted by molar-refractivity contribution is 5.09. The maximum absolute atomic E-state index is 6.02. The van der Waals surface area contributed by atoms with Crippen molar-refractivity contribution in [2.24, 2.45) is 16.7 Å². The molecule has 3 rings (SSSR count). The first-order valence-corrected chi connectivity index (χ1v) is 6.73. The number of hydrogen-bond donors (Lipinski definition) is 0. The van der Waals surface area contributed by atoms with E-state index in [1.165, 1.54) is 32.1 Å². The Kier molecular flexibility index (Phi) is 2.38. The number of hydrogen-bond acceptors (Lipinski definition) is 2. The van der Waals surface area contributed by atoms with Gasteiger partial charge in [0.2, 0.25) is 0 Å². The molecule has 1 aliphatic heterocycles. The summed E-state index contributed by atoms with van der Waals surface area (Å²) in [5.41, 5.74) is 0.788. The smallest absolute Gasteiger partial charge is 0.0653 e. The van der Waals surface area contributed by atoms with Crippen LogP contribution in [0, 0.1) is 16.7 Å². The lowest BCUT2D eigenvalue weighted by molar-refractivity contribution is -0.118. The average Bonchev–Trinajstić information content (AvgIpc) is 2.57. The molecule has 2 heteroatoms. The van der Waals surface area contributed by atoms with Crippen LogP contribution in [0.15, 0.2) is 0 Å². The Bertz CT molecular complexity index is 286. The predicted molar refractivity (Wildman–Crippen MR) is 63.3 cm³/mol. The molecule has 0 aromatic carbocycles. The summed E-state index contributed by atoms with van der Waals surface area (Å²) >= 11 is 0. The van der Waals surface area contributed by atoms with Crippen molar-refractivity contribution in [3.05, 3.63) is 0 Å². The molecule has 1 spiro atoms. The van der Waals surface area contributed by atoms with E-state index in [1.807, 2.05) is 7.11 Å². The normalized spacial score (nSPS) is 50.1. The maximum atomic E-state index is 6.02. The van der Waals surface area contributed by atoms with Gasteiger partial charge in [0.05, 0.1) is 18.8 Å². The zero-order valence-electron chi connectivity index (χ0n) is 10.8. The summed E-state index contributed by atoms with van der Waals surface area (Å²) in [6, 6.07) is 0. The van der Waals surface area contributed by atoms with E-state index in [1.54, 1.807) is 0 Å². The Labute approximate surface area is 98.7 Å². The molecule has 0 N–H and O–H groups in total. The molecule has 2 aliphatic carbocycles. The lowest BCUT2D eigenvalue weighted by Gasteiger charge is -2.54. The summed E-state index contributed by atoms with van der Waals surface area (Å²) in [4.78, 5) is 0. The Balaban J connectivity index is 1.99. The van der Waals surface area contributed by atoms with E-state index in [0.717, 1.165) is 12.5 Å². The fourth-order valence-electron chi connectivity index (χ4n) is 4.97. The van der Waals surface area contributed by atoms with Crippen molar-refractivity contribution in [2.75, 3.05) is 13.7 Å². The van der Waals surface area contributed by atoms with Crippen LogP contribution in [-0.4, -0.2) is 25.9 Å². The lowest BCUT2D eigenvalue weighted by Crippen LogP contribution is -2.54. The molecule has 2 bridgehead atoms. The fraction of sp³-hybridized carbons (Fsp3) is 1.00. The van der Waals surface area contributed by atoms with E-state index in [4.69, 9.17) is 9.47 Å². The summed E-state index contributed by atoms with van der Waals surface area (Å²) in [7, 11) is 1.89. The van der Waals surface area contributed by atoms with Crippen LogP contribution in [0.4, 0.5) is 0 Å². The first kappa shape index (κ1) is 11.0. The topological polar surface area (TPSA) is 18.5 Å². The molecule has 2 nitrogen and oxygen atoms in total. The molecular formula is C14H24O2. The first-order chi connectivity index (χ1) is 7.58. The van der Waals surface area contributed by atoms with Gasteiger partial charge in [-0.2, -0.15) is 0 Å². The van der Waals surface area contributed by atoms with Crippen LogP contribution in [0.25, 0.3) is 0 Å². The zero-order chi connectivity index (χ0) is 11.4. The molecule has 4 atom stereocenters. The lowest BCUT2D eigenvalue weighted by atomic mass is 9.51. The van der Waals surface area contributed by atoms with Gasteiger partial charge >= 0.3 is 0 Å². The second-order valence-corrected chi connectivity index (χ2v) is 6.77. The molecule has 92 valence electrons. The van der Waals surface area contributed by atoms with Crippen molar-refractivity contribution < 1.29 is 9.47 Å². The van der Waals surface area contributed by atoms with E-state index >= 15 is 0 Å². The Morgan fingerprint density at radius 1 is 1.19 bits per heavy atom. The van der Waals surface area contributed by atoms with Gasteiger partial charge < -0.3 is 9.47 Å². The predicted octanol–water partition coefficient (Wildman–Crippen LogP) is 3.01. The van der Waals surface area contributed by atoms with E-state index in [9.17, 15) is 0 Å². The fourth-order valence-corrected chi connectivity index (χ4v) is 4.97. The molecule has 2 saturated carbocycles. The van der Waals surface area contributed by atoms with Crippen LogP contribution in [0.2, 0.25) is 0 Å². The largest absolute Gasteiger partial charge is 0.381 e. The summed E-state index contributed by atoms with van der Waals surface area (Å²) in [5.74, 6) is 0.803. The third-order valence-corrected chi connectivity index (χ3v) is 5.47. The molecule has 1 unspecified atom stereocenters. The molecule has 3 aliphatic rings. The van der Waals surface area contributed by atoms with Gasteiger partial charge in [-0.15, -0.1) is 0 Å². The van der Waals surface area contributed by atoms with Gasteiger partial charge in [0.25, 0.3) is 0 Å². The van der Waals surface area contributed by atoms with Crippen LogP contribution >= 0.6 is 0 Å². The van der Waals surface area contributed by atoms with Crippen molar-refractivity contribution >= 4 is 0 Å². The summed E-state index contributed by atoms with van der Waals surface area (Å²) in [6.45, 7) is 5.82. The minimum Gasteiger partial charge on any atom is -0.381 e. The van der Waals surface area contributed by atoms with Gasteiger partial charge in [-0.3, -0.25) is 0 Å². The first-order valence-electron chi connectivity index (χ1n) is 6.73. The number of methoxy groups -OCH3 is 1. The minimum absolute atomic E-state index is 0.347. The van der Waals surface area contributed by atoms with E-state index in [0.29, 0.717) is 23.0 Å². The summed E-state index contributed by atoms with van der Waals surface area (Å²) < 4.78 is 11.8. The number of fused-ring (bicyclic) bond motifs is 1. The van der Waals surface area contributed by atoms with E-state index in [-0.39, 0.29) is 0 Å². The molecule has 1 heterocycles. The third kappa shape index (κ3) is 1.32. The maximum Gasteiger partial charge on any atom is 0.0653 e. The molecule has 3 fully saturated rings. The Morgan fingerprint density at radius 3 is 2.75 bits per heavy atom. The van der Waals surface area contributed by atoms with Gasteiger partial charge in [-0.05, 0) is 37.0 Å². The molecule has 16 heavy (non-hydrogen) atoms. The van der Waals surface area contributed by atoms with Crippen LogP contribution < -0.4 is 0 Å². The SMILES string of the molecule is COC1CCC[C@H]2C(C)(C)C[C@@H]3C[C@]12CO3. The van der Waals surface area contributed by atoms with Crippen molar-refractivity contribution in [2.45, 2.75) is 58.2 Å². The van der Waals surface area contributed by atoms with Crippen LogP contribution in [0.3, 0.4) is 0 Å². The van der Waals surface area contributed by atoms with E-state index in [2.05, 4.69) is 13.8 Å². The molecule has 1 saturated heterocycles. The molecule has 0 radical (unpaired) electrons. The Morgan fingerprint density at radius 2 is 2.00 bits per heavy atom.